The van der Waals surface area contributed by atoms with Gasteiger partial charge < -0.3 is 14.4 Å². The SMILES string of the molecule is OCCN1CCN(c2nc3cc(Cl)ccc3o2)CC1. The monoisotopic (exact) mass is 281 g/mol. The Morgan fingerprint density at radius 1 is 1.26 bits per heavy atom. The molecule has 5 nitrogen and oxygen atoms in total. The topological polar surface area (TPSA) is 52.7 Å². The van der Waals surface area contributed by atoms with Crippen LogP contribution in [0.15, 0.2) is 22.6 Å². The van der Waals surface area contributed by atoms with Gasteiger partial charge in [0.1, 0.15) is 5.52 Å². The predicted octanol–water partition coefficient (Wildman–Crippen LogP) is 1.60. The Hall–Kier alpha value is -1.30. The number of aliphatic hydroxyl groups excluding tert-OH is 1. The third-order valence-corrected chi connectivity index (χ3v) is 3.63. The summed E-state index contributed by atoms with van der Waals surface area (Å²) < 4.78 is 5.75. The number of benzene rings is 1. The molecule has 1 fully saturated rings. The average Bonchev–Trinajstić information content (AvgIpc) is 2.83. The van der Waals surface area contributed by atoms with E-state index in [0.717, 1.165) is 43.8 Å². The maximum Gasteiger partial charge on any atom is 0.298 e. The van der Waals surface area contributed by atoms with Crippen LogP contribution in [0.25, 0.3) is 11.1 Å². The van der Waals surface area contributed by atoms with Crippen molar-refractivity contribution in [3.63, 3.8) is 0 Å². The van der Waals surface area contributed by atoms with Crippen LogP contribution in [0.5, 0.6) is 0 Å². The van der Waals surface area contributed by atoms with Crippen molar-refractivity contribution in [2.75, 3.05) is 44.2 Å². The highest BCUT2D eigenvalue weighted by atomic mass is 35.5. The lowest BCUT2D eigenvalue weighted by Crippen LogP contribution is -2.47. The number of aliphatic hydroxyl groups is 1. The fourth-order valence-electron chi connectivity index (χ4n) is 2.33. The normalized spacial score (nSPS) is 17.3. The van der Waals surface area contributed by atoms with Gasteiger partial charge in [0, 0.05) is 37.7 Å². The Balaban J connectivity index is 1.74. The van der Waals surface area contributed by atoms with Crippen LogP contribution in [0, 0.1) is 0 Å². The zero-order chi connectivity index (χ0) is 13.2. The van der Waals surface area contributed by atoms with Crippen LogP contribution in [-0.4, -0.2) is 54.3 Å². The van der Waals surface area contributed by atoms with E-state index in [1.807, 2.05) is 12.1 Å². The van der Waals surface area contributed by atoms with Crippen LogP contribution in [0.4, 0.5) is 6.01 Å². The number of oxazole rings is 1. The van der Waals surface area contributed by atoms with Gasteiger partial charge in [-0.15, -0.1) is 0 Å². The molecular formula is C13H16ClN3O2. The molecule has 0 atom stereocenters. The number of anilines is 1. The lowest BCUT2D eigenvalue weighted by atomic mass is 10.3. The molecule has 1 aromatic carbocycles. The molecule has 0 saturated carbocycles. The van der Waals surface area contributed by atoms with Gasteiger partial charge in [-0.05, 0) is 18.2 Å². The summed E-state index contributed by atoms with van der Waals surface area (Å²) >= 11 is 5.94. The zero-order valence-electron chi connectivity index (χ0n) is 10.5. The van der Waals surface area contributed by atoms with E-state index < -0.39 is 0 Å². The lowest BCUT2D eigenvalue weighted by molar-refractivity contribution is 0.187. The summed E-state index contributed by atoms with van der Waals surface area (Å²) in [4.78, 5) is 8.83. The van der Waals surface area contributed by atoms with Crippen molar-refractivity contribution in [2.24, 2.45) is 0 Å². The van der Waals surface area contributed by atoms with Crippen molar-refractivity contribution in [1.29, 1.82) is 0 Å². The smallest absolute Gasteiger partial charge is 0.298 e. The van der Waals surface area contributed by atoms with Gasteiger partial charge in [0.25, 0.3) is 6.01 Å². The molecule has 6 heteroatoms. The molecule has 0 bridgehead atoms. The first-order chi connectivity index (χ1) is 9.26. The van der Waals surface area contributed by atoms with Crippen molar-refractivity contribution >= 4 is 28.7 Å². The third-order valence-electron chi connectivity index (χ3n) is 3.40. The van der Waals surface area contributed by atoms with Crippen LogP contribution in [0.2, 0.25) is 5.02 Å². The molecule has 0 unspecified atom stereocenters. The number of rotatable bonds is 3. The largest absolute Gasteiger partial charge is 0.423 e. The summed E-state index contributed by atoms with van der Waals surface area (Å²) in [6, 6.07) is 6.11. The van der Waals surface area contributed by atoms with E-state index in [1.54, 1.807) is 6.07 Å². The number of β-amino-alcohol motifs (C(OH)–C–C–N with tert-alkyl or cyclic N) is 1. The van der Waals surface area contributed by atoms with E-state index in [9.17, 15) is 0 Å². The number of hydrogen-bond acceptors (Lipinski definition) is 5. The van der Waals surface area contributed by atoms with Gasteiger partial charge in [-0.2, -0.15) is 4.98 Å². The predicted molar refractivity (Wildman–Crippen MR) is 74.8 cm³/mol. The maximum absolute atomic E-state index is 8.92. The van der Waals surface area contributed by atoms with Crippen molar-refractivity contribution in [2.45, 2.75) is 0 Å². The molecule has 0 amide bonds. The second kappa shape index (κ2) is 5.36. The van der Waals surface area contributed by atoms with Crippen LogP contribution in [-0.2, 0) is 0 Å². The van der Waals surface area contributed by atoms with Crippen molar-refractivity contribution < 1.29 is 9.52 Å². The molecule has 1 N–H and O–H groups in total. The van der Waals surface area contributed by atoms with E-state index in [2.05, 4.69) is 14.8 Å². The van der Waals surface area contributed by atoms with Crippen LogP contribution < -0.4 is 4.90 Å². The molecule has 0 radical (unpaired) electrons. The highest BCUT2D eigenvalue weighted by Crippen LogP contribution is 2.25. The van der Waals surface area contributed by atoms with Gasteiger partial charge in [-0.25, -0.2) is 0 Å². The summed E-state index contributed by atoms with van der Waals surface area (Å²) in [7, 11) is 0. The fourth-order valence-corrected chi connectivity index (χ4v) is 2.49. The van der Waals surface area contributed by atoms with Crippen molar-refractivity contribution in [3.05, 3.63) is 23.2 Å². The molecular weight excluding hydrogens is 266 g/mol. The lowest BCUT2D eigenvalue weighted by Gasteiger charge is -2.33. The minimum atomic E-state index is 0.210. The zero-order valence-corrected chi connectivity index (χ0v) is 11.3. The van der Waals surface area contributed by atoms with Crippen molar-refractivity contribution in [3.8, 4) is 0 Å². The minimum absolute atomic E-state index is 0.210. The Morgan fingerprint density at radius 3 is 2.79 bits per heavy atom. The Bertz CT molecular complexity index is 564. The van der Waals surface area contributed by atoms with Gasteiger partial charge in [0.15, 0.2) is 5.58 Å². The molecule has 3 rings (SSSR count). The molecule has 0 aliphatic carbocycles. The molecule has 102 valence electrons. The molecule has 2 heterocycles. The molecule has 1 aromatic heterocycles. The van der Waals surface area contributed by atoms with Gasteiger partial charge in [0.05, 0.1) is 6.61 Å². The number of piperazine rings is 1. The molecule has 1 aliphatic rings. The number of aromatic nitrogens is 1. The summed E-state index contributed by atoms with van der Waals surface area (Å²) in [6.07, 6.45) is 0. The molecule has 1 saturated heterocycles. The number of fused-ring (bicyclic) bond motifs is 1. The van der Waals surface area contributed by atoms with E-state index in [0.29, 0.717) is 11.0 Å². The van der Waals surface area contributed by atoms with Gasteiger partial charge in [-0.1, -0.05) is 11.6 Å². The van der Waals surface area contributed by atoms with Crippen LogP contribution in [0.1, 0.15) is 0 Å². The van der Waals surface area contributed by atoms with E-state index in [4.69, 9.17) is 21.1 Å². The average molecular weight is 282 g/mol. The van der Waals surface area contributed by atoms with E-state index in [1.165, 1.54) is 0 Å². The third kappa shape index (κ3) is 2.68. The van der Waals surface area contributed by atoms with E-state index in [-0.39, 0.29) is 6.61 Å². The summed E-state index contributed by atoms with van der Waals surface area (Å²) in [5.41, 5.74) is 1.55. The first-order valence-corrected chi connectivity index (χ1v) is 6.78. The van der Waals surface area contributed by atoms with Gasteiger partial charge in [-0.3, -0.25) is 4.90 Å². The maximum atomic E-state index is 8.92. The van der Waals surface area contributed by atoms with Gasteiger partial charge >= 0.3 is 0 Å². The Labute approximate surface area is 116 Å². The van der Waals surface area contributed by atoms with Gasteiger partial charge in [0.2, 0.25) is 0 Å². The number of hydrogen-bond donors (Lipinski definition) is 1. The Morgan fingerprint density at radius 2 is 2.05 bits per heavy atom. The first-order valence-electron chi connectivity index (χ1n) is 6.40. The van der Waals surface area contributed by atoms with Crippen molar-refractivity contribution in [1.82, 2.24) is 9.88 Å². The van der Waals surface area contributed by atoms with Crippen LogP contribution >= 0.6 is 11.6 Å². The highest BCUT2D eigenvalue weighted by Gasteiger charge is 2.20. The quantitative estimate of drug-likeness (QED) is 0.926. The molecule has 19 heavy (non-hydrogen) atoms. The minimum Gasteiger partial charge on any atom is -0.423 e. The summed E-state index contributed by atoms with van der Waals surface area (Å²) in [6.45, 7) is 4.50. The molecule has 0 spiro atoms. The number of nitrogens with zero attached hydrogens (tertiary/aromatic N) is 3. The van der Waals surface area contributed by atoms with Crippen LogP contribution in [0.3, 0.4) is 0 Å². The summed E-state index contributed by atoms with van der Waals surface area (Å²) in [5, 5.41) is 9.59. The Kier molecular flexibility index (Phi) is 3.59. The number of halogens is 1. The molecule has 2 aromatic rings. The second-order valence-electron chi connectivity index (χ2n) is 4.66. The fraction of sp³-hybridized carbons (Fsp3) is 0.462. The standard InChI is InChI=1S/C13H16ClN3O2/c14-10-1-2-12-11(9-10)15-13(19-12)17-5-3-16(4-6-17)7-8-18/h1-2,9,18H,3-8H2. The summed E-state index contributed by atoms with van der Waals surface area (Å²) in [5.74, 6) is 0. The first kappa shape index (κ1) is 12.7. The molecule has 1 aliphatic heterocycles. The van der Waals surface area contributed by atoms with E-state index >= 15 is 0 Å². The highest BCUT2D eigenvalue weighted by molar-refractivity contribution is 6.31. The second-order valence-corrected chi connectivity index (χ2v) is 5.10.